The van der Waals surface area contributed by atoms with Gasteiger partial charge in [-0.25, -0.2) is 0 Å². The summed E-state index contributed by atoms with van der Waals surface area (Å²) in [5.74, 6) is 0. The van der Waals surface area contributed by atoms with Gasteiger partial charge in [-0.2, -0.15) is 5.43 Å². The quantitative estimate of drug-likeness (QED) is 0.236. The van der Waals surface area contributed by atoms with E-state index in [1.165, 1.54) is 7.11 Å². The van der Waals surface area contributed by atoms with Crippen molar-refractivity contribution in [2.75, 3.05) is 27.2 Å². The molecule has 0 unspecified atom stereocenters. The minimum Gasteiger partial charge on any atom is -0.569 e. The number of ether oxygens (including phenoxy) is 2. The summed E-state index contributed by atoms with van der Waals surface area (Å²) >= 11 is 0. The van der Waals surface area contributed by atoms with Crippen LogP contribution < -0.4 is 5.43 Å². The third-order valence-electron chi connectivity index (χ3n) is 1.97. The van der Waals surface area contributed by atoms with Crippen molar-refractivity contribution in [3.63, 3.8) is 0 Å². The van der Waals surface area contributed by atoms with E-state index < -0.39 is 0 Å². The van der Waals surface area contributed by atoms with Crippen molar-refractivity contribution in [1.29, 1.82) is 0 Å². The molecule has 0 aliphatic rings. The molecule has 0 heterocycles. The fraction of sp³-hybridized carbons (Fsp3) is 0.455. The van der Waals surface area contributed by atoms with Gasteiger partial charge in [0.05, 0.1) is 11.5 Å². The van der Waals surface area contributed by atoms with Crippen LogP contribution in [0.5, 0.6) is 0 Å². The lowest BCUT2D eigenvalue weighted by molar-refractivity contribution is -0.616. The highest BCUT2D eigenvalue weighted by atomic mass is 16.8. The topological polar surface area (TPSA) is 78.1 Å². The molecule has 18 heavy (non-hydrogen) atoms. The van der Waals surface area contributed by atoms with Gasteiger partial charge in [0, 0.05) is 7.11 Å². The molecule has 7 heteroatoms. The van der Waals surface area contributed by atoms with Crippen molar-refractivity contribution >= 4 is 0 Å². The first kappa shape index (κ1) is 14.2. The Balaban J connectivity index is 2.09. The third kappa shape index (κ3) is 6.66. The van der Waals surface area contributed by atoms with Gasteiger partial charge in [-0.05, 0) is 12.0 Å². The molecule has 1 aromatic rings. The van der Waals surface area contributed by atoms with Gasteiger partial charge in [0.1, 0.15) is 6.79 Å². The average Bonchev–Trinajstić information content (AvgIpc) is 2.40. The van der Waals surface area contributed by atoms with Crippen LogP contribution in [0.4, 0.5) is 0 Å². The molecule has 0 aromatic heterocycles. The fourth-order valence-electron chi connectivity index (χ4n) is 1.20. The number of nitrogens with zero attached hydrogens (tertiary/aromatic N) is 2. The smallest absolute Gasteiger partial charge is 0.235 e. The minimum absolute atomic E-state index is 0.0931. The van der Waals surface area contributed by atoms with E-state index in [0.29, 0.717) is 6.54 Å². The average molecular weight is 255 g/mol. The number of nitrogens with one attached hydrogen (secondary N) is 1. The second-order valence-corrected chi connectivity index (χ2v) is 3.36. The molecule has 100 valence electrons. The number of hydrogen-bond acceptors (Lipinski definition) is 5. The summed E-state index contributed by atoms with van der Waals surface area (Å²) in [5.41, 5.74) is 3.66. The van der Waals surface area contributed by atoms with Crippen LogP contribution in [-0.2, 0) is 20.7 Å². The number of benzene rings is 1. The van der Waals surface area contributed by atoms with Gasteiger partial charge in [0.15, 0.2) is 0 Å². The Morgan fingerprint density at radius 1 is 1.28 bits per heavy atom. The van der Waals surface area contributed by atoms with E-state index in [0.717, 1.165) is 12.0 Å². The SMILES string of the molecule is COCOCON=[N+]([O-])NCCc1ccccc1. The lowest BCUT2D eigenvalue weighted by Crippen LogP contribution is -2.25. The molecule has 0 spiro atoms. The summed E-state index contributed by atoms with van der Waals surface area (Å²) in [7, 11) is 1.49. The Bertz CT molecular complexity index is 345. The number of methoxy groups -OCH3 is 1. The normalized spacial score (nSPS) is 11.3. The Morgan fingerprint density at radius 2 is 2.06 bits per heavy atom. The molecule has 7 nitrogen and oxygen atoms in total. The molecule has 0 atom stereocenters. The molecule has 0 saturated heterocycles. The van der Waals surface area contributed by atoms with E-state index in [1.807, 2.05) is 30.3 Å². The second kappa shape index (κ2) is 9.20. The second-order valence-electron chi connectivity index (χ2n) is 3.36. The maximum Gasteiger partial charge on any atom is 0.235 e. The van der Waals surface area contributed by atoms with Gasteiger partial charge in [-0.1, -0.05) is 30.3 Å². The first-order valence-electron chi connectivity index (χ1n) is 5.47. The van der Waals surface area contributed by atoms with Crippen molar-refractivity contribution in [2.24, 2.45) is 5.28 Å². The highest BCUT2D eigenvalue weighted by Crippen LogP contribution is 1.97. The van der Waals surface area contributed by atoms with Crippen LogP contribution in [0.2, 0.25) is 0 Å². The van der Waals surface area contributed by atoms with Gasteiger partial charge in [0.2, 0.25) is 12.1 Å². The standard InChI is InChI=1S/C11H17N3O4/c1-16-9-17-10-18-13-14(15)12-8-7-11-5-3-2-4-6-11/h2-6H,7-10H2,1H3,(H,12,13). The zero-order chi connectivity index (χ0) is 13.1. The van der Waals surface area contributed by atoms with Gasteiger partial charge < -0.3 is 19.5 Å². The summed E-state index contributed by atoms with van der Waals surface area (Å²) in [5, 5.41) is 14.3. The van der Waals surface area contributed by atoms with Crippen molar-refractivity contribution in [1.82, 2.24) is 5.43 Å². The van der Waals surface area contributed by atoms with Crippen molar-refractivity contribution in [3.8, 4) is 0 Å². The van der Waals surface area contributed by atoms with Gasteiger partial charge in [-0.3, -0.25) is 0 Å². The molecule has 0 radical (unpaired) electrons. The zero-order valence-electron chi connectivity index (χ0n) is 10.2. The zero-order valence-corrected chi connectivity index (χ0v) is 10.2. The largest absolute Gasteiger partial charge is 0.569 e. The van der Waals surface area contributed by atoms with Crippen LogP contribution in [0.25, 0.3) is 0 Å². The van der Waals surface area contributed by atoms with E-state index in [4.69, 9.17) is 4.74 Å². The molecule has 0 amide bonds. The van der Waals surface area contributed by atoms with Crippen LogP contribution in [0, 0.1) is 5.21 Å². The first-order chi connectivity index (χ1) is 8.83. The molecular formula is C11H17N3O4. The molecule has 1 aromatic carbocycles. The first-order valence-corrected chi connectivity index (χ1v) is 5.47. The maximum atomic E-state index is 11.1. The predicted octanol–water partition coefficient (Wildman–Crippen LogP) is 1.21. The van der Waals surface area contributed by atoms with Crippen LogP contribution in [-0.4, -0.2) is 32.2 Å². The van der Waals surface area contributed by atoms with Gasteiger partial charge >= 0.3 is 0 Å². The van der Waals surface area contributed by atoms with E-state index in [-0.39, 0.29) is 18.6 Å². The molecule has 1 N–H and O–H groups in total. The lowest BCUT2D eigenvalue weighted by Gasteiger charge is -2.03. The monoisotopic (exact) mass is 255 g/mol. The molecule has 0 saturated carbocycles. The Hall–Kier alpha value is -1.86. The molecular weight excluding hydrogens is 238 g/mol. The Labute approximate surface area is 105 Å². The summed E-state index contributed by atoms with van der Waals surface area (Å²) in [6.45, 7) is 0.433. The Kier molecular flexibility index (Phi) is 7.26. The third-order valence-corrected chi connectivity index (χ3v) is 1.97. The molecule has 1 rings (SSSR count). The van der Waals surface area contributed by atoms with Crippen LogP contribution in [0.3, 0.4) is 0 Å². The molecule has 0 aliphatic carbocycles. The predicted molar refractivity (Wildman–Crippen MR) is 63.1 cm³/mol. The summed E-state index contributed by atoms with van der Waals surface area (Å²) in [6.07, 6.45) is 0.731. The summed E-state index contributed by atoms with van der Waals surface area (Å²) in [4.78, 5) is 4.84. The molecule has 0 bridgehead atoms. The van der Waals surface area contributed by atoms with Crippen molar-refractivity contribution in [3.05, 3.63) is 41.1 Å². The fourth-order valence-corrected chi connectivity index (χ4v) is 1.20. The van der Waals surface area contributed by atoms with Crippen molar-refractivity contribution in [2.45, 2.75) is 6.42 Å². The highest BCUT2D eigenvalue weighted by Gasteiger charge is 1.96. The molecule has 0 fully saturated rings. The number of hydrazine groups is 1. The van der Waals surface area contributed by atoms with Crippen LogP contribution >= 0.6 is 0 Å². The van der Waals surface area contributed by atoms with Crippen molar-refractivity contribution < 1.29 is 19.3 Å². The van der Waals surface area contributed by atoms with Crippen LogP contribution in [0.1, 0.15) is 5.56 Å². The highest BCUT2D eigenvalue weighted by molar-refractivity contribution is 5.14. The summed E-state index contributed by atoms with van der Waals surface area (Å²) < 4.78 is 9.39. The van der Waals surface area contributed by atoms with E-state index in [2.05, 4.69) is 20.3 Å². The maximum absolute atomic E-state index is 11.1. The number of rotatable bonds is 9. The number of hydrogen-bond donors (Lipinski definition) is 1. The van der Waals surface area contributed by atoms with Gasteiger partial charge in [0.25, 0.3) is 0 Å². The van der Waals surface area contributed by atoms with E-state index in [1.54, 1.807) is 0 Å². The van der Waals surface area contributed by atoms with E-state index in [9.17, 15) is 5.21 Å². The Morgan fingerprint density at radius 3 is 2.78 bits per heavy atom. The molecule has 0 aliphatic heterocycles. The lowest BCUT2D eigenvalue weighted by atomic mass is 10.2. The van der Waals surface area contributed by atoms with E-state index >= 15 is 0 Å². The van der Waals surface area contributed by atoms with Gasteiger partial charge in [-0.15, -0.1) is 0 Å². The minimum atomic E-state index is -0.132. The summed E-state index contributed by atoms with van der Waals surface area (Å²) in [6, 6.07) is 9.82. The van der Waals surface area contributed by atoms with Crippen LogP contribution in [0.15, 0.2) is 35.6 Å².